The SMILES string of the molecule is CC(c1ccccc1)N(C)C(=O)c1cn(C)c2ccccc12. The van der Waals surface area contributed by atoms with Crippen LogP contribution in [0, 0.1) is 0 Å². The van der Waals surface area contributed by atoms with Gasteiger partial charge in [0, 0.05) is 31.2 Å². The van der Waals surface area contributed by atoms with Crippen LogP contribution in [0.2, 0.25) is 0 Å². The van der Waals surface area contributed by atoms with Crippen LogP contribution in [0.5, 0.6) is 0 Å². The average Bonchev–Trinajstić information content (AvgIpc) is 2.91. The second-order valence-corrected chi connectivity index (χ2v) is 5.67. The Kier molecular flexibility index (Phi) is 3.72. The van der Waals surface area contributed by atoms with Gasteiger partial charge in [0.05, 0.1) is 11.6 Å². The first-order valence-corrected chi connectivity index (χ1v) is 7.45. The maximum atomic E-state index is 12.9. The Morgan fingerprint density at radius 1 is 1.05 bits per heavy atom. The van der Waals surface area contributed by atoms with E-state index in [-0.39, 0.29) is 11.9 Å². The Hall–Kier alpha value is -2.55. The third kappa shape index (κ3) is 2.39. The molecule has 0 aliphatic rings. The minimum absolute atomic E-state index is 0.0349. The third-order valence-electron chi connectivity index (χ3n) is 4.31. The Balaban J connectivity index is 1.96. The van der Waals surface area contributed by atoms with Crippen LogP contribution < -0.4 is 0 Å². The van der Waals surface area contributed by atoms with E-state index in [0.717, 1.165) is 22.0 Å². The molecule has 2 aromatic carbocycles. The highest BCUT2D eigenvalue weighted by atomic mass is 16.2. The highest BCUT2D eigenvalue weighted by Gasteiger charge is 2.21. The Bertz CT molecular complexity index is 805. The molecule has 0 spiro atoms. The molecule has 1 atom stereocenters. The molecule has 1 aromatic heterocycles. The predicted octanol–water partition coefficient (Wildman–Crippen LogP) is 4.01. The van der Waals surface area contributed by atoms with Gasteiger partial charge in [0.25, 0.3) is 5.91 Å². The Morgan fingerprint density at radius 3 is 2.41 bits per heavy atom. The number of para-hydroxylation sites is 1. The number of rotatable bonds is 3. The summed E-state index contributed by atoms with van der Waals surface area (Å²) in [6, 6.07) is 18.1. The van der Waals surface area contributed by atoms with Crippen molar-refractivity contribution in [2.24, 2.45) is 7.05 Å². The molecule has 0 radical (unpaired) electrons. The summed E-state index contributed by atoms with van der Waals surface area (Å²) in [6.07, 6.45) is 1.92. The lowest BCUT2D eigenvalue weighted by Crippen LogP contribution is -2.29. The molecule has 0 bridgehead atoms. The molecule has 112 valence electrons. The Morgan fingerprint density at radius 2 is 1.68 bits per heavy atom. The molecular formula is C19H20N2O. The summed E-state index contributed by atoms with van der Waals surface area (Å²) < 4.78 is 2.00. The van der Waals surface area contributed by atoms with Crippen molar-refractivity contribution in [3.8, 4) is 0 Å². The number of carbonyl (C=O) groups excluding carboxylic acids is 1. The molecule has 0 saturated heterocycles. The van der Waals surface area contributed by atoms with Crippen LogP contribution in [0.4, 0.5) is 0 Å². The summed E-state index contributed by atoms with van der Waals surface area (Å²) >= 11 is 0. The molecular weight excluding hydrogens is 272 g/mol. The lowest BCUT2D eigenvalue weighted by atomic mass is 10.1. The van der Waals surface area contributed by atoms with Crippen molar-refractivity contribution in [1.29, 1.82) is 0 Å². The normalized spacial score (nSPS) is 12.3. The molecule has 3 aromatic rings. The number of carbonyl (C=O) groups is 1. The van der Waals surface area contributed by atoms with Crippen molar-refractivity contribution in [1.82, 2.24) is 9.47 Å². The van der Waals surface area contributed by atoms with Crippen molar-refractivity contribution in [3.05, 3.63) is 71.9 Å². The van der Waals surface area contributed by atoms with E-state index in [1.54, 1.807) is 4.90 Å². The number of benzene rings is 2. The van der Waals surface area contributed by atoms with Crippen molar-refractivity contribution >= 4 is 16.8 Å². The van der Waals surface area contributed by atoms with Crippen LogP contribution in [0.25, 0.3) is 10.9 Å². The zero-order valence-corrected chi connectivity index (χ0v) is 13.2. The highest BCUT2D eigenvalue weighted by molar-refractivity contribution is 6.07. The summed E-state index contributed by atoms with van der Waals surface area (Å²) in [6.45, 7) is 2.05. The monoisotopic (exact) mass is 292 g/mol. The van der Waals surface area contributed by atoms with Crippen molar-refractivity contribution in [2.75, 3.05) is 7.05 Å². The van der Waals surface area contributed by atoms with Gasteiger partial charge in [0.2, 0.25) is 0 Å². The number of amides is 1. The molecule has 0 aliphatic heterocycles. The first kappa shape index (κ1) is 14.4. The van der Waals surface area contributed by atoms with Crippen molar-refractivity contribution < 1.29 is 4.79 Å². The molecule has 1 unspecified atom stereocenters. The topological polar surface area (TPSA) is 25.2 Å². The smallest absolute Gasteiger partial charge is 0.256 e. The highest BCUT2D eigenvalue weighted by Crippen LogP contribution is 2.25. The van der Waals surface area contributed by atoms with Gasteiger partial charge in [0.15, 0.2) is 0 Å². The largest absolute Gasteiger partial charge is 0.350 e. The van der Waals surface area contributed by atoms with Gasteiger partial charge in [-0.3, -0.25) is 4.79 Å². The lowest BCUT2D eigenvalue weighted by Gasteiger charge is -2.25. The van der Waals surface area contributed by atoms with Crippen LogP contribution >= 0.6 is 0 Å². The average molecular weight is 292 g/mol. The van der Waals surface area contributed by atoms with Gasteiger partial charge < -0.3 is 9.47 Å². The van der Waals surface area contributed by atoms with Gasteiger partial charge in [-0.2, -0.15) is 0 Å². The van der Waals surface area contributed by atoms with E-state index in [2.05, 4.69) is 19.1 Å². The van der Waals surface area contributed by atoms with Gasteiger partial charge in [-0.25, -0.2) is 0 Å². The predicted molar refractivity (Wildman–Crippen MR) is 89.9 cm³/mol. The zero-order valence-electron chi connectivity index (χ0n) is 13.2. The minimum Gasteiger partial charge on any atom is -0.350 e. The molecule has 0 saturated carbocycles. The summed E-state index contributed by atoms with van der Waals surface area (Å²) in [5, 5.41) is 1.00. The Labute approximate surface area is 130 Å². The van der Waals surface area contributed by atoms with Gasteiger partial charge >= 0.3 is 0 Å². The summed E-state index contributed by atoms with van der Waals surface area (Å²) in [5.74, 6) is 0.0492. The van der Waals surface area contributed by atoms with E-state index in [1.165, 1.54) is 0 Å². The van der Waals surface area contributed by atoms with E-state index < -0.39 is 0 Å². The van der Waals surface area contributed by atoms with E-state index in [1.807, 2.05) is 67.3 Å². The standard InChI is InChI=1S/C19H20N2O/c1-14(15-9-5-4-6-10-15)21(3)19(22)17-13-20(2)18-12-8-7-11-16(17)18/h4-14H,1-3H3. The van der Waals surface area contributed by atoms with E-state index in [0.29, 0.717) is 0 Å². The molecule has 1 amide bonds. The zero-order chi connectivity index (χ0) is 15.7. The van der Waals surface area contributed by atoms with Gasteiger partial charge in [-0.15, -0.1) is 0 Å². The summed E-state index contributed by atoms with van der Waals surface area (Å²) in [4.78, 5) is 14.7. The van der Waals surface area contributed by atoms with Crippen molar-refractivity contribution in [3.63, 3.8) is 0 Å². The van der Waals surface area contributed by atoms with E-state index in [4.69, 9.17) is 0 Å². The van der Waals surface area contributed by atoms with Gasteiger partial charge in [-0.1, -0.05) is 48.5 Å². The van der Waals surface area contributed by atoms with Crippen LogP contribution in [0.1, 0.15) is 28.9 Å². The molecule has 1 heterocycles. The number of fused-ring (bicyclic) bond motifs is 1. The second kappa shape index (κ2) is 5.68. The molecule has 3 rings (SSSR count). The lowest BCUT2D eigenvalue weighted by molar-refractivity contribution is 0.0744. The first-order chi connectivity index (χ1) is 10.6. The molecule has 0 aliphatic carbocycles. The van der Waals surface area contributed by atoms with Gasteiger partial charge in [0.1, 0.15) is 0 Å². The molecule has 3 heteroatoms. The fourth-order valence-electron chi connectivity index (χ4n) is 2.83. The van der Waals surface area contributed by atoms with Crippen LogP contribution in [-0.4, -0.2) is 22.4 Å². The maximum absolute atomic E-state index is 12.9. The number of hydrogen-bond donors (Lipinski definition) is 0. The number of hydrogen-bond acceptors (Lipinski definition) is 1. The quantitative estimate of drug-likeness (QED) is 0.716. The minimum atomic E-state index is 0.0349. The number of aromatic nitrogens is 1. The summed E-state index contributed by atoms with van der Waals surface area (Å²) in [5.41, 5.74) is 2.97. The second-order valence-electron chi connectivity index (χ2n) is 5.67. The summed E-state index contributed by atoms with van der Waals surface area (Å²) in [7, 11) is 3.83. The molecule has 0 fully saturated rings. The number of aryl methyl sites for hydroxylation is 1. The fraction of sp³-hybridized carbons (Fsp3) is 0.211. The fourth-order valence-corrected chi connectivity index (χ4v) is 2.83. The van der Waals surface area contributed by atoms with Crippen molar-refractivity contribution in [2.45, 2.75) is 13.0 Å². The molecule has 3 nitrogen and oxygen atoms in total. The first-order valence-electron chi connectivity index (χ1n) is 7.45. The molecule has 22 heavy (non-hydrogen) atoms. The van der Waals surface area contributed by atoms with Gasteiger partial charge in [-0.05, 0) is 18.6 Å². The number of nitrogens with zero attached hydrogens (tertiary/aromatic N) is 2. The van der Waals surface area contributed by atoms with E-state index >= 15 is 0 Å². The van der Waals surface area contributed by atoms with Crippen LogP contribution in [-0.2, 0) is 7.05 Å². The maximum Gasteiger partial charge on any atom is 0.256 e. The third-order valence-corrected chi connectivity index (χ3v) is 4.31. The van der Waals surface area contributed by atoms with Crippen LogP contribution in [0.15, 0.2) is 60.8 Å². The van der Waals surface area contributed by atoms with E-state index in [9.17, 15) is 4.79 Å². The molecule has 0 N–H and O–H groups in total. The van der Waals surface area contributed by atoms with Crippen LogP contribution in [0.3, 0.4) is 0 Å².